The molecule has 4 rings (SSSR count). The molecule has 1 saturated carbocycles. The van der Waals surface area contributed by atoms with Gasteiger partial charge in [0, 0.05) is 30.9 Å². The normalized spacial score (nSPS) is 19.1. The van der Waals surface area contributed by atoms with Gasteiger partial charge in [-0.25, -0.2) is 0 Å². The summed E-state index contributed by atoms with van der Waals surface area (Å²) < 4.78 is 1.89. The molecule has 1 aliphatic heterocycles. The van der Waals surface area contributed by atoms with E-state index in [0.29, 0.717) is 18.3 Å². The SMILES string of the molecule is Cl.O=C(NCc1cccc(NC(=O)C2CCCC2)c1)c1ccn(C2CCCNC2)n1. The fourth-order valence-electron chi connectivity index (χ4n) is 4.19. The Morgan fingerprint density at radius 3 is 2.73 bits per heavy atom. The second kappa shape index (κ2) is 10.6. The van der Waals surface area contributed by atoms with Crippen molar-refractivity contribution in [2.45, 2.75) is 51.1 Å². The van der Waals surface area contributed by atoms with Crippen LogP contribution in [0, 0.1) is 5.92 Å². The van der Waals surface area contributed by atoms with Crippen LogP contribution in [0.15, 0.2) is 36.5 Å². The van der Waals surface area contributed by atoms with E-state index in [1.807, 2.05) is 35.1 Å². The molecule has 0 bridgehead atoms. The number of amides is 2. The highest BCUT2D eigenvalue weighted by molar-refractivity contribution is 5.93. The van der Waals surface area contributed by atoms with E-state index in [4.69, 9.17) is 0 Å². The van der Waals surface area contributed by atoms with Crippen molar-refractivity contribution >= 4 is 29.9 Å². The van der Waals surface area contributed by atoms with Gasteiger partial charge in [-0.05, 0) is 56.0 Å². The van der Waals surface area contributed by atoms with Gasteiger partial charge in [0.1, 0.15) is 5.69 Å². The molecule has 2 aromatic rings. The van der Waals surface area contributed by atoms with Gasteiger partial charge in [-0.2, -0.15) is 5.10 Å². The summed E-state index contributed by atoms with van der Waals surface area (Å²) in [6, 6.07) is 9.72. The van der Waals surface area contributed by atoms with Crippen molar-refractivity contribution in [3.05, 3.63) is 47.8 Å². The molecular formula is C22H30ClN5O2. The summed E-state index contributed by atoms with van der Waals surface area (Å²) in [5.41, 5.74) is 2.16. The fourth-order valence-corrected chi connectivity index (χ4v) is 4.19. The molecule has 8 heteroatoms. The first-order chi connectivity index (χ1) is 14.2. The predicted molar refractivity (Wildman–Crippen MR) is 119 cm³/mol. The molecule has 2 amide bonds. The molecule has 7 nitrogen and oxygen atoms in total. The zero-order valence-electron chi connectivity index (χ0n) is 17.1. The van der Waals surface area contributed by atoms with Crippen molar-refractivity contribution in [3.8, 4) is 0 Å². The topological polar surface area (TPSA) is 88.0 Å². The van der Waals surface area contributed by atoms with E-state index in [-0.39, 0.29) is 30.1 Å². The number of aromatic nitrogens is 2. The number of piperidine rings is 1. The molecule has 1 atom stereocenters. The average Bonchev–Trinajstić information content (AvgIpc) is 3.45. The highest BCUT2D eigenvalue weighted by Crippen LogP contribution is 2.26. The zero-order chi connectivity index (χ0) is 20.1. The van der Waals surface area contributed by atoms with Crippen LogP contribution in [0.25, 0.3) is 0 Å². The third kappa shape index (κ3) is 5.61. The predicted octanol–water partition coefficient (Wildman–Crippen LogP) is 3.29. The lowest BCUT2D eigenvalue weighted by Crippen LogP contribution is -2.32. The highest BCUT2D eigenvalue weighted by Gasteiger charge is 2.22. The number of hydrogen-bond donors (Lipinski definition) is 3. The van der Waals surface area contributed by atoms with Crippen LogP contribution in [-0.4, -0.2) is 34.7 Å². The fraction of sp³-hybridized carbons (Fsp3) is 0.500. The minimum absolute atomic E-state index is 0. The first-order valence-corrected chi connectivity index (χ1v) is 10.6. The third-order valence-corrected chi connectivity index (χ3v) is 5.86. The molecule has 1 unspecified atom stereocenters. The molecule has 1 saturated heterocycles. The van der Waals surface area contributed by atoms with Gasteiger partial charge in [-0.15, -0.1) is 12.4 Å². The second-order valence-corrected chi connectivity index (χ2v) is 8.03. The molecule has 1 aliphatic carbocycles. The number of nitrogens with zero attached hydrogens (tertiary/aromatic N) is 2. The van der Waals surface area contributed by atoms with E-state index in [1.54, 1.807) is 6.07 Å². The van der Waals surface area contributed by atoms with Gasteiger partial charge in [0.15, 0.2) is 0 Å². The maximum absolute atomic E-state index is 12.5. The number of rotatable bonds is 6. The third-order valence-electron chi connectivity index (χ3n) is 5.86. The minimum Gasteiger partial charge on any atom is -0.347 e. The summed E-state index contributed by atoms with van der Waals surface area (Å²) >= 11 is 0. The van der Waals surface area contributed by atoms with E-state index >= 15 is 0 Å². The molecule has 2 aliphatic rings. The number of hydrogen-bond acceptors (Lipinski definition) is 4. The van der Waals surface area contributed by atoms with E-state index < -0.39 is 0 Å². The Balaban J connectivity index is 0.00000256. The summed E-state index contributed by atoms with van der Waals surface area (Å²) in [4.78, 5) is 24.8. The van der Waals surface area contributed by atoms with Crippen molar-refractivity contribution in [1.29, 1.82) is 0 Å². The maximum atomic E-state index is 12.5. The monoisotopic (exact) mass is 431 g/mol. The molecule has 30 heavy (non-hydrogen) atoms. The van der Waals surface area contributed by atoms with Gasteiger partial charge in [0.2, 0.25) is 5.91 Å². The lowest BCUT2D eigenvalue weighted by Gasteiger charge is -2.22. The van der Waals surface area contributed by atoms with E-state index in [0.717, 1.165) is 62.9 Å². The van der Waals surface area contributed by atoms with Gasteiger partial charge in [0.05, 0.1) is 6.04 Å². The van der Waals surface area contributed by atoms with E-state index in [2.05, 4.69) is 21.0 Å². The second-order valence-electron chi connectivity index (χ2n) is 8.03. The summed E-state index contributed by atoms with van der Waals surface area (Å²) in [7, 11) is 0. The Bertz CT molecular complexity index is 857. The number of benzene rings is 1. The van der Waals surface area contributed by atoms with Crippen molar-refractivity contribution < 1.29 is 9.59 Å². The molecule has 162 valence electrons. The number of halogens is 1. The Labute approximate surface area is 183 Å². The van der Waals surface area contributed by atoms with Crippen LogP contribution < -0.4 is 16.0 Å². The van der Waals surface area contributed by atoms with Crippen molar-refractivity contribution in [2.24, 2.45) is 5.92 Å². The van der Waals surface area contributed by atoms with Crippen molar-refractivity contribution in [2.75, 3.05) is 18.4 Å². The lowest BCUT2D eigenvalue weighted by atomic mass is 10.1. The summed E-state index contributed by atoms with van der Waals surface area (Å²) in [6.45, 7) is 2.33. The van der Waals surface area contributed by atoms with Crippen molar-refractivity contribution in [3.63, 3.8) is 0 Å². The Morgan fingerprint density at radius 2 is 1.97 bits per heavy atom. The number of carbonyl (C=O) groups is 2. The van der Waals surface area contributed by atoms with E-state index in [1.165, 1.54) is 0 Å². The summed E-state index contributed by atoms with van der Waals surface area (Å²) in [6.07, 6.45) is 8.31. The van der Waals surface area contributed by atoms with Crippen LogP contribution in [0.5, 0.6) is 0 Å². The van der Waals surface area contributed by atoms with Gasteiger partial charge in [0.25, 0.3) is 5.91 Å². The minimum atomic E-state index is -0.187. The Morgan fingerprint density at radius 1 is 1.13 bits per heavy atom. The summed E-state index contributed by atoms with van der Waals surface area (Å²) in [5, 5.41) is 13.8. The molecule has 3 N–H and O–H groups in total. The first kappa shape index (κ1) is 22.3. The smallest absolute Gasteiger partial charge is 0.272 e. The van der Waals surface area contributed by atoms with Crippen LogP contribution in [0.4, 0.5) is 5.69 Å². The number of carbonyl (C=O) groups excluding carboxylic acids is 2. The molecule has 2 heterocycles. The van der Waals surface area contributed by atoms with Crippen molar-refractivity contribution in [1.82, 2.24) is 20.4 Å². The van der Waals surface area contributed by atoms with Gasteiger partial charge in [-0.1, -0.05) is 25.0 Å². The largest absolute Gasteiger partial charge is 0.347 e. The maximum Gasteiger partial charge on any atom is 0.272 e. The molecule has 0 spiro atoms. The molecule has 1 aromatic heterocycles. The Kier molecular flexibility index (Phi) is 7.87. The molecular weight excluding hydrogens is 402 g/mol. The van der Waals surface area contributed by atoms with Gasteiger partial charge >= 0.3 is 0 Å². The molecule has 0 radical (unpaired) electrons. The number of anilines is 1. The standard InChI is InChI=1S/C22H29N5O2.ClH/c28-21(17-6-1-2-7-17)25-18-8-3-5-16(13-18)14-24-22(29)20-10-12-27(26-20)19-9-4-11-23-15-19;/h3,5,8,10,12-13,17,19,23H,1-2,4,6-7,9,11,14-15H2,(H,24,29)(H,25,28);1H. The van der Waals surface area contributed by atoms with Crippen LogP contribution >= 0.6 is 12.4 Å². The average molecular weight is 432 g/mol. The molecule has 1 aromatic carbocycles. The highest BCUT2D eigenvalue weighted by atomic mass is 35.5. The van der Waals surface area contributed by atoms with Crippen LogP contribution in [0.3, 0.4) is 0 Å². The van der Waals surface area contributed by atoms with Crippen LogP contribution in [0.1, 0.15) is 60.6 Å². The lowest BCUT2D eigenvalue weighted by molar-refractivity contribution is -0.119. The van der Waals surface area contributed by atoms with Gasteiger partial charge < -0.3 is 16.0 Å². The summed E-state index contributed by atoms with van der Waals surface area (Å²) in [5.74, 6) is 0.0483. The Hall–Kier alpha value is -2.38. The van der Waals surface area contributed by atoms with Crippen LogP contribution in [0.2, 0.25) is 0 Å². The molecule has 2 fully saturated rings. The van der Waals surface area contributed by atoms with E-state index in [9.17, 15) is 9.59 Å². The van der Waals surface area contributed by atoms with Crippen LogP contribution in [-0.2, 0) is 11.3 Å². The first-order valence-electron chi connectivity index (χ1n) is 10.6. The number of nitrogens with one attached hydrogen (secondary N) is 3. The van der Waals surface area contributed by atoms with Gasteiger partial charge in [-0.3, -0.25) is 14.3 Å². The quantitative estimate of drug-likeness (QED) is 0.654. The zero-order valence-corrected chi connectivity index (χ0v) is 17.9.